The van der Waals surface area contributed by atoms with Crippen molar-refractivity contribution in [2.24, 2.45) is 0 Å². The van der Waals surface area contributed by atoms with Crippen LogP contribution in [0.5, 0.6) is 5.75 Å². The van der Waals surface area contributed by atoms with Crippen LogP contribution in [0.25, 0.3) is 5.52 Å². The van der Waals surface area contributed by atoms with E-state index in [4.69, 9.17) is 11.6 Å². The fourth-order valence-corrected chi connectivity index (χ4v) is 2.72. The number of hydrogen-bond donors (Lipinski definition) is 2. The number of nitrogens with zero attached hydrogens (tertiary/aromatic N) is 2. The number of halogens is 1. The molecule has 1 aliphatic rings. The van der Waals surface area contributed by atoms with Crippen molar-refractivity contribution in [1.29, 1.82) is 0 Å². The van der Waals surface area contributed by atoms with Crippen LogP contribution in [0.15, 0.2) is 18.3 Å². The summed E-state index contributed by atoms with van der Waals surface area (Å²) in [4.78, 5) is 4.34. The third-order valence-electron chi connectivity index (χ3n) is 3.26. The normalized spacial score (nSPS) is 20.2. The van der Waals surface area contributed by atoms with Crippen LogP contribution >= 0.6 is 11.6 Å². The lowest BCUT2D eigenvalue weighted by Gasteiger charge is -2.08. The van der Waals surface area contributed by atoms with Crippen molar-refractivity contribution < 1.29 is 5.11 Å². The molecular formula is C12H14ClN3O. The van der Waals surface area contributed by atoms with Crippen molar-refractivity contribution in [2.45, 2.75) is 25.3 Å². The Bertz CT molecular complexity index is 546. The number of aromatic hydroxyl groups is 1. The number of rotatable bonds is 2. The summed E-state index contributed by atoms with van der Waals surface area (Å²) in [5, 5.41) is 13.6. The Balaban J connectivity index is 2.01. The third kappa shape index (κ3) is 1.87. The molecule has 0 aromatic carbocycles. The van der Waals surface area contributed by atoms with Crippen LogP contribution in [0, 0.1) is 0 Å². The van der Waals surface area contributed by atoms with Gasteiger partial charge in [-0.15, -0.1) is 0 Å². The van der Waals surface area contributed by atoms with E-state index >= 15 is 0 Å². The smallest absolute Gasteiger partial charge is 0.158 e. The lowest BCUT2D eigenvalue weighted by atomic mass is 10.1. The first kappa shape index (κ1) is 10.9. The minimum absolute atomic E-state index is 0.177. The molecule has 3 heterocycles. The minimum atomic E-state index is 0.177. The summed E-state index contributed by atoms with van der Waals surface area (Å²) in [5.74, 6) is 1.08. The third-order valence-corrected chi connectivity index (χ3v) is 3.53. The van der Waals surface area contributed by atoms with Gasteiger partial charge in [0.25, 0.3) is 0 Å². The number of nitrogens with one attached hydrogen (secondary N) is 1. The average Bonchev–Trinajstić information content (AvgIpc) is 2.90. The van der Waals surface area contributed by atoms with E-state index in [-0.39, 0.29) is 5.75 Å². The van der Waals surface area contributed by atoms with Crippen LogP contribution in [-0.2, 0) is 6.42 Å². The SMILES string of the molecule is Oc1cccn2c(CC3CCCN3)nc(Cl)c12. The summed E-state index contributed by atoms with van der Waals surface area (Å²) >= 11 is 6.06. The van der Waals surface area contributed by atoms with E-state index in [1.165, 1.54) is 12.8 Å². The van der Waals surface area contributed by atoms with Crippen LogP contribution in [-0.4, -0.2) is 27.1 Å². The molecule has 0 radical (unpaired) electrons. The Morgan fingerprint density at radius 3 is 3.24 bits per heavy atom. The Kier molecular flexibility index (Phi) is 2.68. The molecule has 90 valence electrons. The minimum Gasteiger partial charge on any atom is -0.506 e. The molecule has 1 atom stereocenters. The molecular weight excluding hydrogens is 238 g/mol. The maximum Gasteiger partial charge on any atom is 0.158 e. The molecule has 1 aliphatic heterocycles. The van der Waals surface area contributed by atoms with E-state index in [1.807, 2.05) is 10.6 Å². The molecule has 1 saturated heterocycles. The highest BCUT2D eigenvalue weighted by Crippen LogP contribution is 2.27. The topological polar surface area (TPSA) is 49.6 Å². The summed E-state index contributed by atoms with van der Waals surface area (Å²) in [7, 11) is 0. The zero-order chi connectivity index (χ0) is 11.8. The van der Waals surface area contributed by atoms with E-state index in [9.17, 15) is 5.11 Å². The molecule has 4 nitrogen and oxygen atoms in total. The van der Waals surface area contributed by atoms with Crippen LogP contribution in [0.3, 0.4) is 0 Å². The summed E-state index contributed by atoms with van der Waals surface area (Å²) in [5.41, 5.74) is 0.599. The van der Waals surface area contributed by atoms with Gasteiger partial charge in [-0.1, -0.05) is 11.6 Å². The second kappa shape index (κ2) is 4.20. The van der Waals surface area contributed by atoms with E-state index in [1.54, 1.807) is 12.1 Å². The molecule has 3 rings (SSSR count). The Morgan fingerprint density at radius 1 is 1.59 bits per heavy atom. The van der Waals surface area contributed by atoms with Crippen molar-refractivity contribution in [3.05, 3.63) is 29.3 Å². The highest BCUT2D eigenvalue weighted by atomic mass is 35.5. The first-order valence-electron chi connectivity index (χ1n) is 5.83. The first-order chi connectivity index (χ1) is 8.25. The lowest BCUT2D eigenvalue weighted by Crippen LogP contribution is -2.24. The van der Waals surface area contributed by atoms with Gasteiger partial charge in [0, 0.05) is 18.7 Å². The number of hydrogen-bond acceptors (Lipinski definition) is 3. The van der Waals surface area contributed by atoms with E-state index in [0.29, 0.717) is 16.7 Å². The second-order valence-electron chi connectivity index (χ2n) is 4.43. The molecule has 0 saturated carbocycles. The van der Waals surface area contributed by atoms with Gasteiger partial charge in [0.1, 0.15) is 17.1 Å². The van der Waals surface area contributed by atoms with Crippen molar-refractivity contribution >= 4 is 17.1 Å². The predicted molar refractivity (Wildman–Crippen MR) is 66.6 cm³/mol. The fourth-order valence-electron chi connectivity index (χ4n) is 2.43. The highest BCUT2D eigenvalue weighted by molar-refractivity contribution is 6.33. The van der Waals surface area contributed by atoms with E-state index in [2.05, 4.69) is 10.3 Å². The van der Waals surface area contributed by atoms with Gasteiger partial charge in [-0.2, -0.15) is 0 Å². The monoisotopic (exact) mass is 251 g/mol. The van der Waals surface area contributed by atoms with Crippen LogP contribution in [0.2, 0.25) is 5.15 Å². The van der Waals surface area contributed by atoms with Crippen LogP contribution in [0.4, 0.5) is 0 Å². The van der Waals surface area contributed by atoms with E-state index < -0.39 is 0 Å². The van der Waals surface area contributed by atoms with Crippen molar-refractivity contribution in [3.8, 4) is 5.75 Å². The van der Waals surface area contributed by atoms with Crippen molar-refractivity contribution in [1.82, 2.24) is 14.7 Å². The maximum atomic E-state index is 9.77. The highest BCUT2D eigenvalue weighted by Gasteiger charge is 2.19. The summed E-state index contributed by atoms with van der Waals surface area (Å²) < 4.78 is 1.87. The molecule has 2 aromatic rings. The zero-order valence-electron chi connectivity index (χ0n) is 9.36. The van der Waals surface area contributed by atoms with Crippen molar-refractivity contribution in [3.63, 3.8) is 0 Å². The van der Waals surface area contributed by atoms with Gasteiger partial charge in [0.05, 0.1) is 0 Å². The molecule has 17 heavy (non-hydrogen) atoms. The molecule has 0 amide bonds. The van der Waals surface area contributed by atoms with Gasteiger partial charge in [0.15, 0.2) is 5.15 Å². The number of pyridine rings is 1. The largest absolute Gasteiger partial charge is 0.506 e. The summed E-state index contributed by atoms with van der Waals surface area (Å²) in [6.45, 7) is 1.08. The van der Waals surface area contributed by atoms with Gasteiger partial charge in [-0.05, 0) is 31.5 Å². The molecule has 0 bridgehead atoms. The average molecular weight is 252 g/mol. The zero-order valence-corrected chi connectivity index (χ0v) is 10.1. The number of imidazole rings is 1. The number of aromatic nitrogens is 2. The van der Waals surface area contributed by atoms with Gasteiger partial charge < -0.3 is 10.4 Å². The molecule has 5 heteroatoms. The lowest BCUT2D eigenvalue weighted by molar-refractivity contribution is 0.478. The second-order valence-corrected chi connectivity index (χ2v) is 4.79. The number of fused-ring (bicyclic) bond motifs is 1. The van der Waals surface area contributed by atoms with Gasteiger partial charge >= 0.3 is 0 Å². The molecule has 2 N–H and O–H groups in total. The molecule has 0 spiro atoms. The standard InChI is InChI=1S/C12H14ClN3O/c13-12-11-9(17)4-2-6-16(11)10(15-12)7-8-3-1-5-14-8/h2,4,6,8,14,17H,1,3,5,7H2. The van der Waals surface area contributed by atoms with Crippen molar-refractivity contribution in [2.75, 3.05) is 6.54 Å². The summed E-state index contributed by atoms with van der Waals surface area (Å²) in [6, 6.07) is 3.89. The van der Waals surface area contributed by atoms with Gasteiger partial charge in [0.2, 0.25) is 0 Å². The van der Waals surface area contributed by atoms with Gasteiger partial charge in [-0.3, -0.25) is 4.40 Å². The van der Waals surface area contributed by atoms with Crippen LogP contribution in [0.1, 0.15) is 18.7 Å². The Hall–Kier alpha value is -1.26. The quantitative estimate of drug-likeness (QED) is 0.858. The Labute approximate surface area is 104 Å². The van der Waals surface area contributed by atoms with Crippen LogP contribution < -0.4 is 5.32 Å². The fraction of sp³-hybridized carbons (Fsp3) is 0.417. The van der Waals surface area contributed by atoms with Gasteiger partial charge in [-0.25, -0.2) is 4.98 Å². The molecule has 1 unspecified atom stereocenters. The molecule has 1 fully saturated rings. The first-order valence-corrected chi connectivity index (χ1v) is 6.21. The van der Waals surface area contributed by atoms with E-state index in [0.717, 1.165) is 18.8 Å². The predicted octanol–water partition coefficient (Wildman–Crippen LogP) is 1.99. The molecule has 0 aliphatic carbocycles. The summed E-state index contributed by atoms with van der Waals surface area (Å²) in [6.07, 6.45) is 5.12. The Morgan fingerprint density at radius 2 is 2.47 bits per heavy atom. The molecule has 2 aromatic heterocycles. The maximum absolute atomic E-state index is 9.77.